The molecule has 0 fully saturated rings. The predicted molar refractivity (Wildman–Crippen MR) is 124 cm³/mol. The summed E-state index contributed by atoms with van der Waals surface area (Å²) in [7, 11) is 0. The average Bonchev–Trinajstić information content (AvgIpc) is 3.07. The highest BCUT2D eigenvalue weighted by Gasteiger charge is 2.25. The Kier molecular flexibility index (Phi) is 7.84. The molecule has 3 rings (SSSR count). The standard InChI is InChI=1S/C20H17Br2FN4O3S/c1-3-8-30-19-16(21)9-13(10-17(19)22)18(11-26(28)29)31-20-25-24-12(2)27(20)15-6-4-14(23)5-7-15/h3-7,9-10,18H,1,8,11H2,2H3/t18-/m1/s1. The first kappa shape index (κ1) is 23.4. The molecule has 0 radical (unpaired) electrons. The second kappa shape index (κ2) is 10.4. The molecular formula is C20H17Br2FN4O3S. The molecule has 1 heterocycles. The van der Waals surface area contributed by atoms with Crippen molar-refractivity contribution < 1.29 is 14.1 Å². The van der Waals surface area contributed by atoms with Crippen LogP contribution >= 0.6 is 43.6 Å². The molecule has 0 saturated carbocycles. The Labute approximate surface area is 199 Å². The van der Waals surface area contributed by atoms with Gasteiger partial charge in [0.2, 0.25) is 6.54 Å². The van der Waals surface area contributed by atoms with Crippen LogP contribution in [-0.2, 0) is 0 Å². The highest BCUT2D eigenvalue weighted by Crippen LogP contribution is 2.42. The first-order valence-corrected chi connectivity index (χ1v) is 11.5. The van der Waals surface area contributed by atoms with Crippen LogP contribution in [0.15, 0.2) is 63.2 Å². The lowest BCUT2D eigenvalue weighted by Gasteiger charge is -2.17. The maximum Gasteiger partial charge on any atom is 0.220 e. The number of benzene rings is 2. The average molecular weight is 572 g/mol. The summed E-state index contributed by atoms with van der Waals surface area (Å²) in [6.07, 6.45) is 1.63. The zero-order valence-electron chi connectivity index (χ0n) is 16.3. The van der Waals surface area contributed by atoms with E-state index < -0.39 is 5.25 Å². The number of aromatic nitrogens is 3. The molecule has 1 aromatic heterocycles. The summed E-state index contributed by atoms with van der Waals surface area (Å²) in [5.41, 5.74) is 1.37. The fraction of sp³-hybridized carbons (Fsp3) is 0.200. The van der Waals surface area contributed by atoms with Crippen molar-refractivity contribution in [2.24, 2.45) is 0 Å². The molecule has 31 heavy (non-hydrogen) atoms. The van der Waals surface area contributed by atoms with Crippen molar-refractivity contribution in [2.45, 2.75) is 17.3 Å². The van der Waals surface area contributed by atoms with E-state index in [1.54, 1.807) is 41.8 Å². The molecule has 0 amide bonds. The topological polar surface area (TPSA) is 83.1 Å². The lowest BCUT2D eigenvalue weighted by atomic mass is 10.1. The van der Waals surface area contributed by atoms with E-state index in [0.717, 1.165) is 0 Å². The van der Waals surface area contributed by atoms with Crippen molar-refractivity contribution in [3.05, 3.63) is 85.3 Å². The molecule has 0 spiro atoms. The van der Waals surface area contributed by atoms with Gasteiger partial charge >= 0.3 is 0 Å². The number of aryl methyl sites for hydroxylation is 1. The molecule has 0 saturated heterocycles. The Balaban J connectivity index is 1.98. The zero-order valence-corrected chi connectivity index (χ0v) is 20.3. The van der Waals surface area contributed by atoms with Crippen LogP contribution in [0.25, 0.3) is 5.69 Å². The van der Waals surface area contributed by atoms with Gasteiger partial charge in [-0.05, 0) is 80.7 Å². The summed E-state index contributed by atoms with van der Waals surface area (Å²) in [6, 6.07) is 9.47. The fourth-order valence-corrected chi connectivity index (χ4v) is 5.43. The van der Waals surface area contributed by atoms with Crippen LogP contribution in [0.1, 0.15) is 16.6 Å². The summed E-state index contributed by atoms with van der Waals surface area (Å²) in [5.74, 6) is 0.812. The number of hydrogen-bond acceptors (Lipinski definition) is 6. The van der Waals surface area contributed by atoms with Gasteiger partial charge in [0.15, 0.2) is 5.16 Å². The highest BCUT2D eigenvalue weighted by atomic mass is 79.9. The van der Waals surface area contributed by atoms with Crippen molar-refractivity contribution >= 4 is 43.6 Å². The second-order valence-corrected chi connectivity index (χ2v) is 9.26. The molecule has 3 aromatic rings. The van der Waals surface area contributed by atoms with Crippen molar-refractivity contribution in [1.29, 1.82) is 0 Å². The van der Waals surface area contributed by atoms with Gasteiger partial charge in [-0.1, -0.05) is 24.4 Å². The first-order valence-electron chi connectivity index (χ1n) is 8.99. The molecule has 11 heteroatoms. The molecule has 0 aliphatic carbocycles. The van der Waals surface area contributed by atoms with Crippen molar-refractivity contribution in [2.75, 3.05) is 13.2 Å². The second-order valence-electron chi connectivity index (χ2n) is 6.38. The van der Waals surface area contributed by atoms with Gasteiger partial charge in [-0.3, -0.25) is 14.7 Å². The van der Waals surface area contributed by atoms with Gasteiger partial charge in [-0.2, -0.15) is 0 Å². The van der Waals surface area contributed by atoms with Gasteiger partial charge in [0.1, 0.15) is 29.2 Å². The monoisotopic (exact) mass is 570 g/mol. The Hall–Kier alpha value is -2.24. The number of ether oxygens (including phenoxy) is 1. The molecule has 7 nitrogen and oxygen atoms in total. The van der Waals surface area contributed by atoms with Crippen LogP contribution in [0.5, 0.6) is 5.75 Å². The lowest BCUT2D eigenvalue weighted by molar-refractivity contribution is -0.479. The summed E-state index contributed by atoms with van der Waals surface area (Å²) >= 11 is 8.16. The summed E-state index contributed by atoms with van der Waals surface area (Å²) < 4.78 is 22.0. The predicted octanol–water partition coefficient (Wildman–Crippen LogP) is 5.91. The molecule has 0 unspecified atom stereocenters. The normalized spacial score (nSPS) is 11.9. The number of hydrogen-bond donors (Lipinski definition) is 0. The number of nitro groups is 1. The molecule has 0 aliphatic rings. The summed E-state index contributed by atoms with van der Waals surface area (Å²) in [6.45, 7) is 5.39. The van der Waals surface area contributed by atoms with Crippen LogP contribution in [0.2, 0.25) is 0 Å². The third-order valence-corrected chi connectivity index (χ3v) is 6.54. The van der Waals surface area contributed by atoms with E-state index in [0.29, 0.717) is 43.5 Å². The van der Waals surface area contributed by atoms with Gasteiger partial charge in [0.05, 0.1) is 8.95 Å². The van der Waals surface area contributed by atoms with Crippen molar-refractivity contribution in [3.8, 4) is 11.4 Å². The maximum atomic E-state index is 13.3. The van der Waals surface area contributed by atoms with E-state index in [2.05, 4.69) is 48.6 Å². The fourth-order valence-electron chi connectivity index (χ4n) is 2.83. The van der Waals surface area contributed by atoms with Crippen LogP contribution in [-0.4, -0.2) is 32.8 Å². The van der Waals surface area contributed by atoms with Crippen LogP contribution in [0.3, 0.4) is 0 Å². The molecule has 0 aliphatic heterocycles. The Morgan fingerprint density at radius 1 is 1.29 bits per heavy atom. The molecule has 162 valence electrons. The SMILES string of the molecule is C=CCOc1c(Br)cc([C@@H](C[N+](=O)[O-])Sc2nnc(C)n2-c2ccc(F)cc2)cc1Br. The quantitative estimate of drug-likeness (QED) is 0.137. The van der Waals surface area contributed by atoms with Gasteiger partial charge in [0, 0.05) is 10.6 Å². The number of halogens is 3. The Bertz CT molecular complexity index is 1090. The highest BCUT2D eigenvalue weighted by molar-refractivity contribution is 9.11. The van der Waals surface area contributed by atoms with E-state index >= 15 is 0 Å². The van der Waals surface area contributed by atoms with Crippen LogP contribution in [0, 0.1) is 22.9 Å². The molecule has 1 atom stereocenters. The van der Waals surface area contributed by atoms with Gasteiger partial charge in [-0.15, -0.1) is 10.2 Å². The van der Waals surface area contributed by atoms with E-state index in [-0.39, 0.29) is 17.3 Å². The van der Waals surface area contributed by atoms with Crippen molar-refractivity contribution in [1.82, 2.24) is 14.8 Å². The minimum atomic E-state index is -0.557. The van der Waals surface area contributed by atoms with Gasteiger partial charge in [0.25, 0.3) is 0 Å². The van der Waals surface area contributed by atoms with Crippen LogP contribution < -0.4 is 4.74 Å². The minimum absolute atomic E-state index is 0.323. The summed E-state index contributed by atoms with van der Waals surface area (Å²) in [4.78, 5) is 11.0. The largest absolute Gasteiger partial charge is 0.487 e. The minimum Gasteiger partial charge on any atom is -0.487 e. The number of rotatable bonds is 9. The molecule has 0 bridgehead atoms. The zero-order chi connectivity index (χ0) is 22.5. The Morgan fingerprint density at radius 3 is 2.52 bits per heavy atom. The van der Waals surface area contributed by atoms with E-state index in [9.17, 15) is 14.5 Å². The molecule has 0 N–H and O–H groups in total. The van der Waals surface area contributed by atoms with Crippen molar-refractivity contribution in [3.63, 3.8) is 0 Å². The third kappa shape index (κ3) is 5.72. The van der Waals surface area contributed by atoms with E-state index in [4.69, 9.17) is 4.74 Å². The third-order valence-electron chi connectivity index (χ3n) is 4.18. The molecule has 2 aromatic carbocycles. The smallest absolute Gasteiger partial charge is 0.220 e. The van der Waals surface area contributed by atoms with E-state index in [1.807, 2.05) is 0 Å². The van der Waals surface area contributed by atoms with Gasteiger partial charge in [-0.25, -0.2) is 4.39 Å². The first-order chi connectivity index (χ1) is 14.8. The lowest BCUT2D eigenvalue weighted by Crippen LogP contribution is -2.11. The number of thioether (sulfide) groups is 1. The van der Waals surface area contributed by atoms with Crippen LogP contribution in [0.4, 0.5) is 4.39 Å². The maximum absolute atomic E-state index is 13.3. The van der Waals surface area contributed by atoms with E-state index in [1.165, 1.54) is 23.9 Å². The van der Waals surface area contributed by atoms with Gasteiger partial charge < -0.3 is 4.74 Å². The Morgan fingerprint density at radius 2 is 1.94 bits per heavy atom. The molecular weight excluding hydrogens is 555 g/mol. The summed E-state index contributed by atoms with van der Waals surface area (Å²) in [5, 5.41) is 19.6. The number of nitrogens with zero attached hydrogens (tertiary/aromatic N) is 4.